The monoisotopic (exact) mass is 530 g/mol. The molecule has 2 heterocycles. The van der Waals surface area contributed by atoms with E-state index in [2.05, 4.69) is 22.6 Å². The predicted molar refractivity (Wildman–Crippen MR) is 127 cm³/mol. The van der Waals surface area contributed by atoms with E-state index in [0.717, 1.165) is 27.5 Å². The van der Waals surface area contributed by atoms with Gasteiger partial charge in [0.25, 0.3) is 5.91 Å². The first-order valence-electron chi connectivity index (χ1n) is 10.0. The number of carbonyl (C=O) groups is 2. The van der Waals surface area contributed by atoms with Gasteiger partial charge in [0.2, 0.25) is 5.78 Å². The van der Waals surface area contributed by atoms with Crippen LogP contribution in [0.3, 0.4) is 0 Å². The molecule has 1 aliphatic rings. The van der Waals surface area contributed by atoms with Gasteiger partial charge in [-0.1, -0.05) is 30.3 Å². The highest BCUT2D eigenvalue weighted by Crippen LogP contribution is 2.39. The quantitative estimate of drug-likeness (QED) is 0.358. The van der Waals surface area contributed by atoms with Crippen molar-refractivity contribution in [2.24, 2.45) is 0 Å². The van der Waals surface area contributed by atoms with Crippen molar-refractivity contribution in [1.29, 1.82) is 0 Å². The summed E-state index contributed by atoms with van der Waals surface area (Å²) in [4.78, 5) is 30.0. The van der Waals surface area contributed by atoms with Crippen molar-refractivity contribution in [3.8, 4) is 0 Å². The SMILES string of the molecule is CN(C)CCCN1C(=O)C(O)=C(C(=O)c2cc3ccccc3o2)C1c1ccc(I)cc1. The second-order valence-electron chi connectivity index (χ2n) is 7.85. The second kappa shape index (κ2) is 8.84. The Labute approximate surface area is 194 Å². The number of halogens is 1. The lowest BCUT2D eigenvalue weighted by atomic mass is 9.95. The standard InChI is InChI=1S/C24H23IN2O4/c1-26(2)12-5-13-27-21(15-8-10-17(25)11-9-15)20(23(29)24(27)30)22(28)19-14-16-6-3-4-7-18(16)31-19/h3-4,6-11,14,21,29H,5,12-13H2,1-2H3. The van der Waals surface area contributed by atoms with Gasteiger partial charge in [-0.05, 0) is 79.5 Å². The average Bonchev–Trinajstić information content (AvgIpc) is 3.28. The number of rotatable bonds is 7. The minimum absolute atomic E-state index is 0.0649. The van der Waals surface area contributed by atoms with E-state index in [4.69, 9.17) is 4.42 Å². The van der Waals surface area contributed by atoms with E-state index < -0.39 is 23.5 Å². The molecule has 0 spiro atoms. The van der Waals surface area contributed by atoms with Gasteiger partial charge in [-0.25, -0.2) is 0 Å². The fraction of sp³-hybridized carbons (Fsp3) is 0.250. The number of benzene rings is 2. The topological polar surface area (TPSA) is 74.0 Å². The van der Waals surface area contributed by atoms with Crippen LogP contribution < -0.4 is 0 Å². The first-order valence-corrected chi connectivity index (χ1v) is 11.1. The van der Waals surface area contributed by atoms with E-state index in [1.165, 1.54) is 0 Å². The third kappa shape index (κ3) is 4.24. The van der Waals surface area contributed by atoms with Crippen LogP contribution in [0.2, 0.25) is 0 Å². The molecule has 7 heteroatoms. The maximum absolute atomic E-state index is 13.5. The van der Waals surface area contributed by atoms with E-state index >= 15 is 0 Å². The highest BCUT2D eigenvalue weighted by Gasteiger charge is 2.44. The molecule has 0 bridgehead atoms. The number of para-hydroxylation sites is 1. The molecule has 1 aromatic heterocycles. The van der Waals surface area contributed by atoms with E-state index in [9.17, 15) is 14.7 Å². The molecule has 1 N–H and O–H groups in total. The minimum Gasteiger partial charge on any atom is -0.503 e. The number of hydrogen-bond donors (Lipinski definition) is 1. The number of hydrogen-bond acceptors (Lipinski definition) is 5. The molecular weight excluding hydrogens is 507 g/mol. The molecule has 6 nitrogen and oxygen atoms in total. The smallest absolute Gasteiger partial charge is 0.290 e. The third-order valence-corrected chi connectivity index (χ3v) is 6.11. The summed E-state index contributed by atoms with van der Waals surface area (Å²) in [5.74, 6) is -1.39. The van der Waals surface area contributed by atoms with Crippen LogP contribution in [0.4, 0.5) is 0 Å². The summed E-state index contributed by atoms with van der Waals surface area (Å²) in [6.45, 7) is 1.21. The number of aliphatic hydroxyl groups is 1. The van der Waals surface area contributed by atoms with Crippen LogP contribution >= 0.6 is 22.6 Å². The summed E-state index contributed by atoms with van der Waals surface area (Å²) in [6, 6.07) is 16.0. The largest absolute Gasteiger partial charge is 0.503 e. The number of Topliss-reactive ketones (excluding diaryl/α,β-unsaturated/α-hetero) is 1. The Bertz CT molecular complexity index is 1130. The molecule has 0 fully saturated rings. The molecular formula is C24H23IN2O4. The highest BCUT2D eigenvalue weighted by molar-refractivity contribution is 14.1. The van der Waals surface area contributed by atoms with Gasteiger partial charge in [-0.2, -0.15) is 0 Å². The first-order chi connectivity index (χ1) is 14.9. The molecule has 3 aromatic rings. The molecule has 160 valence electrons. The van der Waals surface area contributed by atoms with Crippen LogP contribution in [0.5, 0.6) is 0 Å². The van der Waals surface area contributed by atoms with E-state index in [-0.39, 0.29) is 11.3 Å². The predicted octanol–water partition coefficient (Wildman–Crippen LogP) is 4.57. The zero-order chi connectivity index (χ0) is 22.1. The van der Waals surface area contributed by atoms with Gasteiger partial charge in [-0.3, -0.25) is 9.59 Å². The summed E-state index contributed by atoms with van der Waals surface area (Å²) >= 11 is 2.21. The van der Waals surface area contributed by atoms with Crippen molar-refractivity contribution in [3.63, 3.8) is 0 Å². The summed E-state index contributed by atoms with van der Waals surface area (Å²) in [6.07, 6.45) is 0.721. The van der Waals surface area contributed by atoms with Crippen molar-refractivity contribution < 1.29 is 19.1 Å². The van der Waals surface area contributed by atoms with Crippen LogP contribution in [0, 0.1) is 3.57 Å². The molecule has 0 saturated heterocycles. The van der Waals surface area contributed by atoms with Crippen molar-refractivity contribution in [3.05, 3.63) is 80.8 Å². The van der Waals surface area contributed by atoms with Gasteiger partial charge >= 0.3 is 0 Å². The lowest BCUT2D eigenvalue weighted by Crippen LogP contribution is -2.33. The van der Waals surface area contributed by atoms with Gasteiger partial charge in [0, 0.05) is 15.5 Å². The normalized spacial score (nSPS) is 16.7. The van der Waals surface area contributed by atoms with Crippen LogP contribution in [0.1, 0.15) is 28.6 Å². The summed E-state index contributed by atoms with van der Waals surface area (Å²) in [5, 5.41) is 11.5. The Morgan fingerprint density at radius 1 is 1.16 bits per heavy atom. The highest BCUT2D eigenvalue weighted by atomic mass is 127. The fourth-order valence-electron chi connectivity index (χ4n) is 3.89. The average molecular weight is 530 g/mol. The fourth-order valence-corrected chi connectivity index (χ4v) is 4.25. The summed E-state index contributed by atoms with van der Waals surface area (Å²) < 4.78 is 6.79. The molecule has 1 aliphatic heterocycles. The van der Waals surface area contributed by atoms with Crippen LogP contribution in [-0.4, -0.2) is 53.8 Å². The van der Waals surface area contributed by atoms with Crippen molar-refractivity contribution in [2.75, 3.05) is 27.2 Å². The molecule has 2 aromatic carbocycles. The van der Waals surface area contributed by atoms with E-state index in [1.807, 2.05) is 61.5 Å². The summed E-state index contributed by atoms with van der Waals surface area (Å²) in [7, 11) is 3.93. The number of amides is 1. The van der Waals surface area contributed by atoms with E-state index in [1.54, 1.807) is 17.0 Å². The zero-order valence-corrected chi connectivity index (χ0v) is 19.5. The maximum Gasteiger partial charge on any atom is 0.290 e. The lowest BCUT2D eigenvalue weighted by Gasteiger charge is -2.27. The zero-order valence-electron chi connectivity index (χ0n) is 17.3. The van der Waals surface area contributed by atoms with Gasteiger partial charge in [-0.15, -0.1) is 0 Å². The molecule has 31 heavy (non-hydrogen) atoms. The van der Waals surface area contributed by atoms with Gasteiger partial charge in [0.05, 0.1) is 11.6 Å². The Kier molecular flexibility index (Phi) is 6.15. The molecule has 1 atom stereocenters. The Balaban J connectivity index is 1.74. The molecule has 0 aliphatic carbocycles. The number of furan rings is 1. The first kappa shape index (κ1) is 21.6. The number of ketones is 1. The van der Waals surface area contributed by atoms with Crippen LogP contribution in [0.25, 0.3) is 11.0 Å². The van der Waals surface area contributed by atoms with Crippen LogP contribution in [-0.2, 0) is 4.79 Å². The maximum atomic E-state index is 13.5. The molecule has 0 radical (unpaired) electrons. The van der Waals surface area contributed by atoms with Crippen LogP contribution in [0.15, 0.2) is 70.3 Å². The molecule has 4 rings (SSSR count). The number of carbonyl (C=O) groups excluding carboxylic acids is 2. The van der Waals surface area contributed by atoms with Gasteiger partial charge < -0.3 is 19.3 Å². The number of nitrogens with zero attached hydrogens (tertiary/aromatic N) is 2. The number of fused-ring (bicyclic) bond motifs is 1. The van der Waals surface area contributed by atoms with Crippen molar-refractivity contribution in [2.45, 2.75) is 12.5 Å². The molecule has 0 saturated carbocycles. The minimum atomic E-state index is -0.660. The van der Waals surface area contributed by atoms with E-state index in [0.29, 0.717) is 12.1 Å². The Morgan fingerprint density at radius 2 is 1.87 bits per heavy atom. The molecule has 1 amide bonds. The second-order valence-corrected chi connectivity index (χ2v) is 9.09. The van der Waals surface area contributed by atoms with Crippen molar-refractivity contribution >= 4 is 45.3 Å². The molecule has 1 unspecified atom stereocenters. The summed E-state index contributed by atoms with van der Waals surface area (Å²) in [5.41, 5.74) is 1.43. The Hall–Kier alpha value is -2.65. The number of aliphatic hydroxyl groups excluding tert-OH is 1. The Morgan fingerprint density at radius 3 is 2.55 bits per heavy atom. The third-order valence-electron chi connectivity index (χ3n) is 5.39. The lowest BCUT2D eigenvalue weighted by molar-refractivity contribution is -0.129. The van der Waals surface area contributed by atoms with Gasteiger partial charge in [0.1, 0.15) is 5.58 Å². The van der Waals surface area contributed by atoms with Crippen molar-refractivity contribution in [1.82, 2.24) is 9.80 Å². The van der Waals surface area contributed by atoms with Gasteiger partial charge in [0.15, 0.2) is 11.5 Å².